The second-order valence-electron chi connectivity index (χ2n) is 8.67. The summed E-state index contributed by atoms with van der Waals surface area (Å²) in [5, 5.41) is 16.3. The second-order valence-corrected chi connectivity index (χ2v) is 8.67. The Bertz CT molecular complexity index is 871. The van der Waals surface area contributed by atoms with Crippen LogP contribution >= 0.6 is 0 Å². The average molecular weight is 386 g/mol. The molecule has 1 N–H and O–H groups in total. The van der Waals surface area contributed by atoms with Gasteiger partial charge in [0.25, 0.3) is 0 Å². The minimum absolute atomic E-state index is 0.0330. The van der Waals surface area contributed by atoms with Gasteiger partial charge in [0, 0.05) is 29.8 Å². The normalized spacial score (nSPS) is 25.7. The van der Waals surface area contributed by atoms with Crippen molar-refractivity contribution in [3.8, 4) is 0 Å². The summed E-state index contributed by atoms with van der Waals surface area (Å²) in [6.07, 6.45) is 5.52. The zero-order chi connectivity index (χ0) is 19.9. The number of ether oxygens (including phenoxy) is 1. The van der Waals surface area contributed by atoms with Crippen LogP contribution in [0.4, 0.5) is 4.79 Å². The first-order valence-electron chi connectivity index (χ1n) is 10.5. The van der Waals surface area contributed by atoms with Gasteiger partial charge in [-0.05, 0) is 30.9 Å². The van der Waals surface area contributed by atoms with E-state index in [-0.39, 0.29) is 24.0 Å². The molecule has 2 aromatic rings. The fraction of sp³-hybridized carbons (Fsp3) is 0.636. The van der Waals surface area contributed by atoms with Crippen LogP contribution in [0.25, 0.3) is 10.9 Å². The van der Waals surface area contributed by atoms with E-state index >= 15 is 0 Å². The van der Waals surface area contributed by atoms with Gasteiger partial charge in [0.05, 0.1) is 31.0 Å². The Morgan fingerprint density at radius 1 is 1.36 bits per heavy atom. The third kappa shape index (κ3) is 3.08. The lowest BCUT2D eigenvalue weighted by Gasteiger charge is -2.28. The van der Waals surface area contributed by atoms with Crippen molar-refractivity contribution < 1.29 is 14.6 Å². The van der Waals surface area contributed by atoms with Crippen molar-refractivity contribution in [2.75, 3.05) is 26.8 Å². The van der Waals surface area contributed by atoms with Crippen LogP contribution in [-0.2, 0) is 11.2 Å². The number of aryl methyl sites for hydroxylation is 1. The van der Waals surface area contributed by atoms with Crippen LogP contribution in [0.1, 0.15) is 62.7 Å². The number of carbonyl (C=O) groups excluding carboxylic acids is 1. The number of aliphatic hydroxyl groups excluding tert-OH is 1. The van der Waals surface area contributed by atoms with Crippen LogP contribution in [0, 0.1) is 5.41 Å². The highest BCUT2D eigenvalue weighted by Gasteiger charge is 2.45. The van der Waals surface area contributed by atoms with Crippen LogP contribution in [0.5, 0.6) is 0 Å². The smallest absolute Gasteiger partial charge is 0.409 e. The SMILES string of the molecule is CCc1nn(C2CCCC2)c2cc(C3CN(C(=O)OC)C[C@@]3(C)CO)ccc12. The fourth-order valence-electron chi connectivity index (χ4n) is 5.11. The predicted octanol–water partition coefficient (Wildman–Crippen LogP) is 3.88. The summed E-state index contributed by atoms with van der Waals surface area (Å²) in [6, 6.07) is 7.07. The molecule has 1 aliphatic heterocycles. The molecule has 1 amide bonds. The van der Waals surface area contributed by atoms with Crippen molar-refractivity contribution in [3.05, 3.63) is 29.5 Å². The topological polar surface area (TPSA) is 67.6 Å². The summed E-state index contributed by atoms with van der Waals surface area (Å²) in [7, 11) is 1.41. The van der Waals surface area contributed by atoms with Crippen molar-refractivity contribution in [1.82, 2.24) is 14.7 Å². The van der Waals surface area contributed by atoms with Gasteiger partial charge in [-0.15, -0.1) is 0 Å². The van der Waals surface area contributed by atoms with Gasteiger partial charge in [0.2, 0.25) is 0 Å². The lowest BCUT2D eigenvalue weighted by atomic mass is 9.76. The average Bonchev–Trinajstić information content (AvgIpc) is 3.44. The van der Waals surface area contributed by atoms with Crippen molar-refractivity contribution in [2.24, 2.45) is 5.41 Å². The van der Waals surface area contributed by atoms with Crippen LogP contribution in [-0.4, -0.2) is 52.7 Å². The molecule has 1 saturated heterocycles. The maximum Gasteiger partial charge on any atom is 0.409 e. The highest BCUT2D eigenvalue weighted by atomic mass is 16.5. The molecule has 2 aliphatic rings. The van der Waals surface area contributed by atoms with E-state index in [4.69, 9.17) is 9.84 Å². The third-order valence-electron chi connectivity index (χ3n) is 6.81. The lowest BCUT2D eigenvalue weighted by Crippen LogP contribution is -2.32. The van der Waals surface area contributed by atoms with Crippen molar-refractivity contribution in [3.63, 3.8) is 0 Å². The van der Waals surface area contributed by atoms with E-state index in [2.05, 4.69) is 36.7 Å². The summed E-state index contributed by atoms with van der Waals surface area (Å²) in [5.41, 5.74) is 3.13. The largest absolute Gasteiger partial charge is 0.453 e. The molecule has 4 rings (SSSR count). The van der Waals surface area contributed by atoms with E-state index < -0.39 is 0 Å². The number of fused-ring (bicyclic) bond motifs is 1. The zero-order valence-electron chi connectivity index (χ0n) is 17.1. The van der Waals surface area contributed by atoms with Gasteiger partial charge < -0.3 is 14.7 Å². The number of nitrogens with zero attached hydrogens (tertiary/aromatic N) is 3. The Balaban J connectivity index is 1.76. The molecule has 0 bridgehead atoms. The first-order valence-corrected chi connectivity index (χ1v) is 10.5. The number of aliphatic hydroxyl groups is 1. The minimum Gasteiger partial charge on any atom is -0.453 e. The number of rotatable bonds is 4. The quantitative estimate of drug-likeness (QED) is 0.867. The molecule has 2 fully saturated rings. The molecule has 1 aromatic carbocycles. The Labute approximate surface area is 166 Å². The van der Waals surface area contributed by atoms with Crippen molar-refractivity contribution in [1.29, 1.82) is 0 Å². The van der Waals surface area contributed by atoms with Gasteiger partial charge >= 0.3 is 6.09 Å². The molecule has 1 aliphatic carbocycles. The lowest BCUT2D eigenvalue weighted by molar-refractivity contribution is 0.113. The fourth-order valence-corrected chi connectivity index (χ4v) is 5.11. The van der Waals surface area contributed by atoms with Crippen molar-refractivity contribution in [2.45, 2.75) is 57.9 Å². The minimum atomic E-state index is -0.381. The molecule has 0 spiro atoms. The Morgan fingerprint density at radius 2 is 2.11 bits per heavy atom. The molecule has 1 aromatic heterocycles. The highest BCUT2D eigenvalue weighted by Crippen LogP contribution is 2.44. The summed E-state index contributed by atoms with van der Waals surface area (Å²) in [4.78, 5) is 13.8. The highest BCUT2D eigenvalue weighted by molar-refractivity contribution is 5.83. The number of hydrogen-bond donors (Lipinski definition) is 1. The first-order chi connectivity index (χ1) is 13.5. The Morgan fingerprint density at radius 3 is 2.75 bits per heavy atom. The van der Waals surface area contributed by atoms with Crippen LogP contribution in [0.2, 0.25) is 0 Å². The Hall–Kier alpha value is -2.08. The number of methoxy groups -OCH3 is 1. The third-order valence-corrected chi connectivity index (χ3v) is 6.81. The molecule has 2 heterocycles. The maximum atomic E-state index is 12.1. The van der Waals surface area contributed by atoms with Gasteiger partial charge in [-0.3, -0.25) is 4.68 Å². The molecule has 28 heavy (non-hydrogen) atoms. The van der Waals surface area contributed by atoms with Gasteiger partial charge in [0.15, 0.2) is 0 Å². The summed E-state index contributed by atoms with van der Waals surface area (Å²) in [5.74, 6) is 0.0676. The standard InChI is InChI=1S/C22H31N3O3/c1-4-19-17-10-9-15(11-20(17)25(23-19)16-7-5-6-8-16)18-12-24(21(27)28-3)13-22(18,2)14-26/h9-11,16,18,26H,4-8,12-14H2,1-3H3/t18?,22-/m0/s1. The summed E-state index contributed by atoms with van der Waals surface area (Å²) >= 11 is 0. The van der Waals surface area contributed by atoms with Gasteiger partial charge in [-0.2, -0.15) is 5.10 Å². The van der Waals surface area contributed by atoms with E-state index in [9.17, 15) is 9.90 Å². The molecular formula is C22H31N3O3. The van der Waals surface area contributed by atoms with Gasteiger partial charge in [0.1, 0.15) is 0 Å². The molecule has 6 heteroatoms. The molecule has 1 unspecified atom stereocenters. The molecular weight excluding hydrogens is 354 g/mol. The number of hydrogen-bond acceptors (Lipinski definition) is 4. The summed E-state index contributed by atoms with van der Waals surface area (Å²) < 4.78 is 7.17. The van der Waals surface area contributed by atoms with E-state index in [1.54, 1.807) is 4.90 Å². The summed E-state index contributed by atoms with van der Waals surface area (Å²) in [6.45, 7) is 5.30. The van der Waals surface area contributed by atoms with E-state index in [1.807, 2.05) is 0 Å². The van der Waals surface area contributed by atoms with E-state index in [0.29, 0.717) is 19.1 Å². The monoisotopic (exact) mass is 385 g/mol. The van der Waals surface area contributed by atoms with Crippen LogP contribution in [0.3, 0.4) is 0 Å². The van der Waals surface area contributed by atoms with Gasteiger partial charge in [-0.25, -0.2) is 4.79 Å². The predicted molar refractivity (Wildman–Crippen MR) is 109 cm³/mol. The second kappa shape index (κ2) is 7.39. The zero-order valence-corrected chi connectivity index (χ0v) is 17.1. The molecule has 0 radical (unpaired) electrons. The van der Waals surface area contributed by atoms with Crippen LogP contribution in [0.15, 0.2) is 18.2 Å². The Kier molecular flexibility index (Phi) is 5.08. The van der Waals surface area contributed by atoms with E-state index in [1.165, 1.54) is 43.7 Å². The number of aromatic nitrogens is 2. The maximum absolute atomic E-state index is 12.1. The van der Waals surface area contributed by atoms with Gasteiger partial charge in [-0.1, -0.05) is 38.8 Å². The van der Waals surface area contributed by atoms with E-state index in [0.717, 1.165) is 17.7 Å². The molecule has 6 nitrogen and oxygen atoms in total. The first kappa shape index (κ1) is 19.2. The van der Waals surface area contributed by atoms with Crippen LogP contribution < -0.4 is 0 Å². The number of likely N-dealkylation sites (tertiary alicyclic amines) is 1. The molecule has 1 saturated carbocycles. The molecule has 152 valence electrons. The number of benzene rings is 1. The molecule has 2 atom stereocenters. The number of carbonyl (C=O) groups is 1. The van der Waals surface area contributed by atoms with Crippen molar-refractivity contribution >= 4 is 17.0 Å². The number of amides is 1.